The minimum absolute atomic E-state index is 0.569. The second kappa shape index (κ2) is 1.07. The minimum Gasteiger partial charge on any atom is -0.122 e. The second-order valence-corrected chi connectivity index (χ2v) is 4.79. The molecule has 4 aliphatic carbocycles. The van der Waals surface area contributed by atoms with Gasteiger partial charge in [-0.25, -0.2) is 0 Å². The molecule has 9 heavy (non-hydrogen) atoms. The lowest BCUT2D eigenvalue weighted by atomic mass is 10.1. The molecule has 1 heteroatoms. The van der Waals surface area contributed by atoms with Crippen LogP contribution in [0.2, 0.25) is 0 Å². The molecule has 4 aliphatic rings. The predicted molar refractivity (Wildman–Crippen MR) is 37.5 cm³/mol. The van der Waals surface area contributed by atoms with E-state index in [1.54, 1.807) is 0 Å². The Morgan fingerprint density at radius 1 is 1.56 bits per heavy atom. The van der Waals surface area contributed by atoms with Crippen molar-refractivity contribution < 1.29 is 0 Å². The first-order valence-corrected chi connectivity index (χ1v) is 4.31. The first-order chi connectivity index (χ1) is 4.23. The Morgan fingerprint density at radius 2 is 2.33 bits per heavy atom. The summed E-state index contributed by atoms with van der Waals surface area (Å²) in [6.45, 7) is 2.42. The molecule has 4 saturated carbocycles. The summed E-state index contributed by atoms with van der Waals surface area (Å²) in [5.74, 6) is 2.89. The zero-order valence-corrected chi connectivity index (χ0v) is 6.36. The molecule has 5 atom stereocenters. The van der Waals surface area contributed by atoms with Gasteiger partial charge in [0.15, 0.2) is 0 Å². The Kier molecular flexibility index (Phi) is 0.596. The van der Waals surface area contributed by atoms with E-state index in [1.807, 2.05) is 0 Å². The standard InChI is InChI=1S/C8H11Cl/c1-8-3-4-2-5(8)6(8)7(4)9/h4-7H,2-3H2,1H3/t4-,5-,6-,7?,8-/m0/s1. The minimum atomic E-state index is 0.569. The number of halogens is 1. The van der Waals surface area contributed by atoms with E-state index in [-0.39, 0.29) is 0 Å². The van der Waals surface area contributed by atoms with Crippen LogP contribution >= 0.6 is 11.6 Å². The molecule has 1 unspecified atom stereocenters. The third kappa shape index (κ3) is 0.335. The van der Waals surface area contributed by atoms with Gasteiger partial charge in [0.1, 0.15) is 0 Å². The van der Waals surface area contributed by atoms with Crippen LogP contribution in [0.3, 0.4) is 0 Å². The largest absolute Gasteiger partial charge is 0.122 e. The van der Waals surface area contributed by atoms with E-state index in [2.05, 4.69) is 6.92 Å². The maximum atomic E-state index is 6.19. The molecular weight excluding hydrogens is 132 g/mol. The Morgan fingerprint density at radius 3 is 2.44 bits per heavy atom. The van der Waals surface area contributed by atoms with E-state index < -0.39 is 0 Å². The third-order valence-electron chi connectivity index (χ3n) is 3.99. The lowest BCUT2D eigenvalue weighted by Crippen LogP contribution is -2.01. The van der Waals surface area contributed by atoms with E-state index >= 15 is 0 Å². The van der Waals surface area contributed by atoms with Gasteiger partial charge in [0.25, 0.3) is 0 Å². The van der Waals surface area contributed by atoms with Crippen LogP contribution in [0, 0.1) is 23.2 Å². The zero-order valence-electron chi connectivity index (χ0n) is 5.60. The molecule has 0 N–H and O–H groups in total. The average molecular weight is 143 g/mol. The van der Waals surface area contributed by atoms with E-state index in [9.17, 15) is 0 Å². The number of alkyl halides is 1. The van der Waals surface area contributed by atoms with Crippen molar-refractivity contribution in [3.05, 3.63) is 0 Å². The molecule has 4 bridgehead atoms. The average Bonchev–Trinajstić information content (AvgIpc) is 2.21. The fourth-order valence-electron chi connectivity index (χ4n) is 3.50. The van der Waals surface area contributed by atoms with Gasteiger partial charge in [-0.05, 0) is 36.0 Å². The van der Waals surface area contributed by atoms with Gasteiger partial charge in [0, 0.05) is 5.38 Å². The first kappa shape index (κ1) is 5.01. The summed E-state index contributed by atoms with van der Waals surface area (Å²) in [7, 11) is 0. The van der Waals surface area contributed by atoms with E-state index in [0.717, 1.165) is 23.2 Å². The van der Waals surface area contributed by atoms with Gasteiger partial charge in [-0.15, -0.1) is 11.6 Å². The Bertz CT molecular complexity index is 175. The van der Waals surface area contributed by atoms with E-state index in [0.29, 0.717) is 5.38 Å². The first-order valence-electron chi connectivity index (χ1n) is 3.87. The highest BCUT2D eigenvalue weighted by Gasteiger charge is 2.75. The molecule has 4 fully saturated rings. The highest BCUT2D eigenvalue weighted by Crippen LogP contribution is 2.79. The molecule has 0 aromatic rings. The molecule has 0 aromatic carbocycles. The Labute approximate surface area is 60.6 Å². The maximum Gasteiger partial charge on any atom is 0.0400 e. The zero-order chi connectivity index (χ0) is 6.22. The molecule has 0 radical (unpaired) electrons. The smallest absolute Gasteiger partial charge is 0.0400 e. The van der Waals surface area contributed by atoms with Crippen LogP contribution in [0.4, 0.5) is 0 Å². The second-order valence-electron chi connectivity index (χ2n) is 4.28. The van der Waals surface area contributed by atoms with Crippen molar-refractivity contribution in [2.75, 3.05) is 0 Å². The summed E-state index contributed by atoms with van der Waals surface area (Å²) >= 11 is 6.19. The summed E-state index contributed by atoms with van der Waals surface area (Å²) in [6, 6.07) is 0. The fraction of sp³-hybridized carbons (Fsp3) is 1.00. The monoisotopic (exact) mass is 142 g/mol. The molecular formula is C8H11Cl. The van der Waals surface area contributed by atoms with Crippen molar-refractivity contribution in [3.8, 4) is 0 Å². The molecule has 0 aromatic heterocycles. The molecule has 0 nitrogen and oxygen atoms in total. The molecule has 0 spiro atoms. The van der Waals surface area contributed by atoms with Gasteiger partial charge < -0.3 is 0 Å². The highest BCUT2D eigenvalue weighted by atomic mass is 35.5. The number of rotatable bonds is 0. The summed E-state index contributed by atoms with van der Waals surface area (Å²) < 4.78 is 0. The van der Waals surface area contributed by atoms with Gasteiger partial charge in [-0.1, -0.05) is 6.92 Å². The van der Waals surface area contributed by atoms with Crippen molar-refractivity contribution >= 4 is 11.6 Å². The maximum absolute atomic E-state index is 6.19. The van der Waals surface area contributed by atoms with Crippen molar-refractivity contribution in [2.45, 2.75) is 25.1 Å². The highest BCUT2D eigenvalue weighted by molar-refractivity contribution is 6.21. The van der Waals surface area contributed by atoms with Gasteiger partial charge in [0.05, 0.1) is 0 Å². The van der Waals surface area contributed by atoms with Crippen LogP contribution in [0.1, 0.15) is 19.8 Å². The lowest BCUT2D eigenvalue weighted by Gasteiger charge is -2.01. The molecule has 0 aliphatic heterocycles. The van der Waals surface area contributed by atoms with Crippen LogP contribution in [0.25, 0.3) is 0 Å². The number of hydrogen-bond acceptors (Lipinski definition) is 0. The van der Waals surface area contributed by atoms with Crippen LogP contribution in [0.15, 0.2) is 0 Å². The third-order valence-corrected chi connectivity index (χ3v) is 4.61. The van der Waals surface area contributed by atoms with Gasteiger partial charge >= 0.3 is 0 Å². The molecule has 0 saturated heterocycles. The van der Waals surface area contributed by atoms with E-state index in [1.165, 1.54) is 12.8 Å². The predicted octanol–water partition coefficient (Wildman–Crippen LogP) is 2.27. The summed E-state index contributed by atoms with van der Waals surface area (Å²) in [5.41, 5.74) is 0.733. The molecule has 0 amide bonds. The quantitative estimate of drug-likeness (QED) is 0.456. The van der Waals surface area contributed by atoms with Crippen LogP contribution in [0.5, 0.6) is 0 Å². The Balaban J connectivity index is 2.10. The topological polar surface area (TPSA) is 0 Å². The van der Waals surface area contributed by atoms with Crippen LogP contribution in [-0.4, -0.2) is 5.38 Å². The van der Waals surface area contributed by atoms with Gasteiger partial charge in [-0.3, -0.25) is 0 Å². The summed E-state index contributed by atoms with van der Waals surface area (Å²) in [6.07, 6.45) is 2.89. The summed E-state index contributed by atoms with van der Waals surface area (Å²) in [4.78, 5) is 0. The lowest BCUT2D eigenvalue weighted by molar-refractivity contribution is 0.537. The van der Waals surface area contributed by atoms with Crippen molar-refractivity contribution in [2.24, 2.45) is 23.2 Å². The van der Waals surface area contributed by atoms with Crippen LogP contribution in [-0.2, 0) is 0 Å². The summed E-state index contributed by atoms with van der Waals surface area (Å²) in [5, 5.41) is 0.569. The van der Waals surface area contributed by atoms with Crippen molar-refractivity contribution in [3.63, 3.8) is 0 Å². The van der Waals surface area contributed by atoms with Gasteiger partial charge in [0.2, 0.25) is 0 Å². The molecule has 50 valence electrons. The SMILES string of the molecule is C[C@]12C[C@@H]3C[C@H]1[C@H]2C3Cl. The number of hydrogen-bond donors (Lipinski definition) is 0. The van der Waals surface area contributed by atoms with Crippen molar-refractivity contribution in [1.29, 1.82) is 0 Å². The molecule has 4 rings (SSSR count). The molecule has 0 heterocycles. The van der Waals surface area contributed by atoms with Crippen molar-refractivity contribution in [1.82, 2.24) is 0 Å². The normalized spacial score (nSPS) is 75.3. The fourth-order valence-corrected chi connectivity index (χ4v) is 4.15. The van der Waals surface area contributed by atoms with E-state index in [4.69, 9.17) is 11.6 Å². The Hall–Kier alpha value is 0.290. The van der Waals surface area contributed by atoms with Gasteiger partial charge in [-0.2, -0.15) is 0 Å². The van der Waals surface area contributed by atoms with Crippen LogP contribution < -0.4 is 0 Å².